The molecular weight excluding hydrogens is 323 g/mol. The molecule has 0 aliphatic heterocycles. The number of carbonyl (C=O) groups is 1. The van der Waals surface area contributed by atoms with Gasteiger partial charge >= 0.3 is 0 Å². The number of carbonyl (C=O) groups excluding carboxylic acids is 1. The summed E-state index contributed by atoms with van der Waals surface area (Å²) in [5.74, 6) is 0.00147. The quantitative estimate of drug-likeness (QED) is 0.794. The Balaban J connectivity index is 0.00000441. The Bertz CT molecular complexity index is 454. The molecule has 0 fully saturated rings. The highest BCUT2D eigenvalue weighted by atomic mass is 35.5. The minimum atomic E-state index is -0.500. The number of benzene rings is 1. The summed E-state index contributed by atoms with van der Waals surface area (Å²) in [5.41, 5.74) is 6.91. The van der Waals surface area contributed by atoms with Gasteiger partial charge in [0, 0.05) is 12.1 Å². The van der Waals surface area contributed by atoms with Gasteiger partial charge in [-0.25, -0.2) is 0 Å². The molecule has 0 spiro atoms. The summed E-state index contributed by atoms with van der Waals surface area (Å²) in [6, 6.07) is 6.73. The number of ether oxygens (including phenoxy) is 1. The lowest BCUT2D eigenvalue weighted by Gasteiger charge is -2.26. The zero-order valence-electron chi connectivity index (χ0n) is 13.5. The molecule has 4 atom stereocenters. The number of nitrogens with two attached hydrogens (primary N) is 1. The van der Waals surface area contributed by atoms with Crippen LogP contribution in [0.25, 0.3) is 0 Å². The summed E-state index contributed by atoms with van der Waals surface area (Å²) < 4.78 is 5.51. The van der Waals surface area contributed by atoms with Crippen LogP contribution in [0.5, 0.6) is 0 Å². The average Bonchev–Trinajstić information content (AvgIpc) is 2.48. The molecule has 4 unspecified atom stereocenters. The van der Waals surface area contributed by atoms with Crippen LogP contribution in [0.15, 0.2) is 24.3 Å². The minimum absolute atomic E-state index is 0. The van der Waals surface area contributed by atoms with Gasteiger partial charge in [-0.05, 0) is 30.5 Å². The van der Waals surface area contributed by atoms with E-state index < -0.39 is 6.04 Å². The smallest absolute Gasteiger partial charge is 0.237 e. The van der Waals surface area contributed by atoms with Crippen LogP contribution in [0.2, 0.25) is 5.02 Å². The molecule has 6 heteroatoms. The third kappa shape index (κ3) is 5.76. The van der Waals surface area contributed by atoms with Crippen LogP contribution in [0.4, 0.5) is 0 Å². The van der Waals surface area contributed by atoms with Gasteiger partial charge in [0.15, 0.2) is 0 Å². The molecule has 1 aromatic carbocycles. The van der Waals surface area contributed by atoms with E-state index in [1.54, 1.807) is 7.11 Å². The van der Waals surface area contributed by atoms with E-state index in [1.165, 1.54) is 0 Å². The second-order valence-electron chi connectivity index (χ2n) is 5.42. The van der Waals surface area contributed by atoms with Crippen molar-refractivity contribution in [1.82, 2.24) is 5.32 Å². The van der Waals surface area contributed by atoms with Gasteiger partial charge in [0.1, 0.15) is 6.10 Å². The average molecular weight is 349 g/mol. The van der Waals surface area contributed by atoms with Crippen LogP contribution in [0.3, 0.4) is 0 Å². The zero-order chi connectivity index (χ0) is 16.0. The molecule has 0 aliphatic rings. The molecule has 0 bridgehead atoms. The Morgan fingerprint density at radius 3 is 2.32 bits per heavy atom. The number of hydrogen-bond donors (Lipinski definition) is 2. The molecule has 0 radical (unpaired) electrons. The fourth-order valence-electron chi connectivity index (χ4n) is 2.19. The Labute approximate surface area is 144 Å². The fraction of sp³-hybridized carbons (Fsp3) is 0.562. The second kappa shape index (κ2) is 10.1. The largest absolute Gasteiger partial charge is 0.375 e. The maximum absolute atomic E-state index is 12.1. The summed E-state index contributed by atoms with van der Waals surface area (Å²) >= 11 is 5.89. The third-order valence-corrected chi connectivity index (χ3v) is 4.09. The van der Waals surface area contributed by atoms with Crippen molar-refractivity contribution in [3.8, 4) is 0 Å². The van der Waals surface area contributed by atoms with E-state index in [-0.39, 0.29) is 36.4 Å². The summed E-state index contributed by atoms with van der Waals surface area (Å²) in [4.78, 5) is 12.1. The maximum Gasteiger partial charge on any atom is 0.237 e. The molecule has 0 saturated heterocycles. The topological polar surface area (TPSA) is 64.4 Å². The van der Waals surface area contributed by atoms with Crippen LogP contribution >= 0.6 is 24.0 Å². The standard InChI is InChI=1S/C16H25ClN2O2.ClH/c1-5-10(2)14(18)16(20)19-11(3)15(21-4)12-6-8-13(17)9-7-12;/h6-11,14-15H,5,18H2,1-4H3,(H,19,20);1H. The lowest BCUT2D eigenvalue weighted by molar-refractivity contribution is -0.125. The van der Waals surface area contributed by atoms with Crippen molar-refractivity contribution in [3.05, 3.63) is 34.9 Å². The van der Waals surface area contributed by atoms with E-state index in [9.17, 15) is 4.79 Å². The molecule has 126 valence electrons. The molecule has 0 aromatic heterocycles. The molecule has 3 N–H and O–H groups in total. The van der Waals surface area contributed by atoms with Crippen molar-refractivity contribution in [2.24, 2.45) is 11.7 Å². The van der Waals surface area contributed by atoms with Crippen LogP contribution in [-0.4, -0.2) is 25.1 Å². The van der Waals surface area contributed by atoms with Crippen LogP contribution in [0.1, 0.15) is 38.9 Å². The Kier molecular flexibility index (Phi) is 9.69. The molecular formula is C16H26Cl2N2O2. The van der Waals surface area contributed by atoms with Gasteiger partial charge in [-0.15, -0.1) is 12.4 Å². The van der Waals surface area contributed by atoms with Gasteiger partial charge in [-0.3, -0.25) is 4.79 Å². The third-order valence-electron chi connectivity index (χ3n) is 3.84. The van der Waals surface area contributed by atoms with Gasteiger partial charge in [0.05, 0.1) is 12.1 Å². The molecule has 0 heterocycles. The van der Waals surface area contributed by atoms with Crippen molar-refractivity contribution in [2.75, 3.05) is 7.11 Å². The highest BCUT2D eigenvalue weighted by Gasteiger charge is 2.25. The molecule has 4 nitrogen and oxygen atoms in total. The summed E-state index contributed by atoms with van der Waals surface area (Å²) in [7, 11) is 1.62. The summed E-state index contributed by atoms with van der Waals surface area (Å²) in [6.45, 7) is 5.90. The van der Waals surface area contributed by atoms with Crippen molar-refractivity contribution in [2.45, 2.75) is 45.4 Å². The van der Waals surface area contributed by atoms with Crippen molar-refractivity contribution < 1.29 is 9.53 Å². The Morgan fingerprint density at radius 1 is 1.32 bits per heavy atom. The molecule has 1 rings (SSSR count). The van der Waals surface area contributed by atoms with E-state index >= 15 is 0 Å². The first kappa shape index (κ1) is 21.2. The summed E-state index contributed by atoms with van der Waals surface area (Å²) in [6.07, 6.45) is 0.628. The van der Waals surface area contributed by atoms with Crippen molar-refractivity contribution >= 4 is 29.9 Å². The van der Waals surface area contributed by atoms with Crippen LogP contribution < -0.4 is 11.1 Å². The van der Waals surface area contributed by atoms with Crippen molar-refractivity contribution in [1.29, 1.82) is 0 Å². The number of nitrogens with one attached hydrogen (secondary N) is 1. The van der Waals surface area contributed by atoms with Crippen LogP contribution in [-0.2, 0) is 9.53 Å². The van der Waals surface area contributed by atoms with Gasteiger partial charge in [-0.2, -0.15) is 0 Å². The normalized spacial score (nSPS) is 16.1. The lowest BCUT2D eigenvalue weighted by Crippen LogP contribution is -2.49. The van der Waals surface area contributed by atoms with E-state index in [2.05, 4.69) is 5.32 Å². The van der Waals surface area contributed by atoms with E-state index in [0.717, 1.165) is 12.0 Å². The van der Waals surface area contributed by atoms with Gasteiger partial charge < -0.3 is 15.8 Å². The highest BCUT2D eigenvalue weighted by molar-refractivity contribution is 6.30. The minimum Gasteiger partial charge on any atom is -0.375 e. The molecule has 0 aliphatic carbocycles. The predicted octanol–water partition coefficient (Wildman–Crippen LogP) is 3.33. The van der Waals surface area contributed by atoms with Gasteiger partial charge in [-0.1, -0.05) is 44.0 Å². The van der Waals surface area contributed by atoms with Gasteiger partial charge in [0.25, 0.3) is 0 Å². The first-order valence-electron chi connectivity index (χ1n) is 7.24. The van der Waals surface area contributed by atoms with Gasteiger partial charge in [0.2, 0.25) is 5.91 Å². The van der Waals surface area contributed by atoms with E-state index in [4.69, 9.17) is 22.1 Å². The molecule has 1 amide bonds. The van der Waals surface area contributed by atoms with Crippen molar-refractivity contribution in [3.63, 3.8) is 0 Å². The van der Waals surface area contributed by atoms with Crippen LogP contribution in [0, 0.1) is 5.92 Å². The number of amides is 1. The number of hydrogen-bond acceptors (Lipinski definition) is 3. The molecule has 1 aromatic rings. The Hall–Kier alpha value is -0.810. The number of halogens is 2. The lowest BCUT2D eigenvalue weighted by atomic mass is 9.98. The predicted molar refractivity (Wildman–Crippen MR) is 93.5 cm³/mol. The van der Waals surface area contributed by atoms with E-state index in [1.807, 2.05) is 45.0 Å². The zero-order valence-corrected chi connectivity index (χ0v) is 15.1. The monoisotopic (exact) mass is 348 g/mol. The maximum atomic E-state index is 12.1. The second-order valence-corrected chi connectivity index (χ2v) is 5.85. The highest BCUT2D eigenvalue weighted by Crippen LogP contribution is 2.22. The molecule has 0 saturated carbocycles. The summed E-state index contributed by atoms with van der Waals surface area (Å²) in [5, 5.41) is 3.61. The first-order chi connectivity index (χ1) is 9.90. The van der Waals surface area contributed by atoms with E-state index in [0.29, 0.717) is 5.02 Å². The molecule has 22 heavy (non-hydrogen) atoms. The number of rotatable bonds is 7. The Morgan fingerprint density at radius 2 is 1.86 bits per heavy atom. The fourth-order valence-corrected chi connectivity index (χ4v) is 2.32. The number of methoxy groups -OCH3 is 1. The first-order valence-corrected chi connectivity index (χ1v) is 7.62. The SMILES string of the molecule is CCC(C)C(N)C(=O)NC(C)C(OC)c1ccc(Cl)cc1.Cl.